The first kappa shape index (κ1) is 5.42. The molecule has 0 amide bonds. The molecular formula is C7H10N. The van der Waals surface area contributed by atoms with Crippen molar-refractivity contribution in [3.8, 4) is 0 Å². The summed E-state index contributed by atoms with van der Waals surface area (Å²) < 4.78 is 2.12. The summed E-state index contributed by atoms with van der Waals surface area (Å²) in [4.78, 5) is 0. The van der Waals surface area contributed by atoms with E-state index in [0.717, 1.165) is 6.54 Å². The van der Waals surface area contributed by atoms with Gasteiger partial charge < -0.3 is 4.57 Å². The van der Waals surface area contributed by atoms with Crippen molar-refractivity contribution in [3.05, 3.63) is 24.5 Å². The molecule has 0 N–H and O–H groups in total. The van der Waals surface area contributed by atoms with E-state index in [0.29, 0.717) is 0 Å². The zero-order valence-corrected chi connectivity index (χ0v) is 5.09. The molecule has 1 radical (unpaired) electrons. The third-order valence-electron chi connectivity index (χ3n) is 1.08. The summed E-state index contributed by atoms with van der Waals surface area (Å²) in [6, 6.07) is 4.90. The van der Waals surface area contributed by atoms with Crippen molar-refractivity contribution in [1.29, 1.82) is 0 Å². The van der Waals surface area contributed by atoms with Crippen LogP contribution in [0.5, 0.6) is 0 Å². The van der Waals surface area contributed by atoms with Crippen molar-refractivity contribution < 1.29 is 0 Å². The zero-order valence-electron chi connectivity index (χ0n) is 5.09. The van der Waals surface area contributed by atoms with Crippen LogP contribution in [0.2, 0.25) is 0 Å². The lowest BCUT2D eigenvalue weighted by Crippen LogP contribution is -1.89. The molecule has 1 aromatic heterocycles. The minimum Gasteiger partial charge on any atom is -0.354 e. The Morgan fingerprint density at radius 3 is 3.00 bits per heavy atom. The second-order valence-corrected chi connectivity index (χ2v) is 1.85. The summed E-state index contributed by atoms with van der Waals surface area (Å²) in [6.45, 7) is 3.28. The van der Waals surface area contributed by atoms with Crippen molar-refractivity contribution in [2.24, 2.45) is 0 Å². The third-order valence-corrected chi connectivity index (χ3v) is 1.08. The lowest BCUT2D eigenvalue weighted by Gasteiger charge is -1.94. The van der Waals surface area contributed by atoms with Gasteiger partial charge in [0, 0.05) is 25.0 Å². The normalized spacial score (nSPS) is 9.62. The predicted molar refractivity (Wildman–Crippen MR) is 33.6 cm³/mol. The van der Waals surface area contributed by atoms with E-state index < -0.39 is 0 Å². The minimum absolute atomic E-state index is 1.11. The molecule has 0 aliphatic rings. The molecule has 1 heteroatoms. The number of hydrogen-bond acceptors (Lipinski definition) is 0. The molecule has 0 unspecified atom stereocenters. The van der Waals surface area contributed by atoms with Gasteiger partial charge in [-0.25, -0.2) is 0 Å². The molecule has 43 valence electrons. The van der Waals surface area contributed by atoms with E-state index >= 15 is 0 Å². The Hall–Kier alpha value is -0.720. The van der Waals surface area contributed by atoms with Crippen LogP contribution >= 0.6 is 0 Å². The summed E-state index contributed by atoms with van der Waals surface area (Å²) in [5, 5.41) is 0. The molecule has 0 fully saturated rings. The average Bonchev–Trinajstić information content (AvgIpc) is 2.19. The molecule has 0 saturated carbocycles. The fourth-order valence-electron chi connectivity index (χ4n) is 0.718. The highest BCUT2D eigenvalue weighted by molar-refractivity contribution is 4.87. The molecule has 0 aromatic carbocycles. The molecule has 0 aliphatic carbocycles. The van der Waals surface area contributed by atoms with Crippen molar-refractivity contribution >= 4 is 0 Å². The summed E-state index contributed by atoms with van der Waals surface area (Å²) in [7, 11) is 0. The highest BCUT2D eigenvalue weighted by Gasteiger charge is 1.81. The first-order valence-electron chi connectivity index (χ1n) is 2.95. The second-order valence-electron chi connectivity index (χ2n) is 1.85. The number of aryl methyl sites for hydroxylation is 1. The Balaban J connectivity index is 2.50. The van der Waals surface area contributed by atoms with Gasteiger partial charge in [-0.3, -0.25) is 0 Å². The fourth-order valence-corrected chi connectivity index (χ4v) is 0.718. The maximum atomic E-state index is 2.98. The average molecular weight is 108 g/mol. The van der Waals surface area contributed by atoms with Crippen LogP contribution in [0.25, 0.3) is 0 Å². The maximum absolute atomic E-state index is 2.98. The second kappa shape index (κ2) is 2.55. The molecule has 0 bridgehead atoms. The van der Waals surface area contributed by atoms with E-state index in [9.17, 15) is 0 Å². The summed E-state index contributed by atoms with van der Waals surface area (Å²) >= 11 is 0. The zero-order chi connectivity index (χ0) is 5.82. The molecule has 0 atom stereocenters. The Morgan fingerprint density at radius 1 is 1.62 bits per heavy atom. The number of hydrogen-bond donors (Lipinski definition) is 0. The highest BCUT2D eigenvalue weighted by atomic mass is 14.9. The van der Waals surface area contributed by atoms with Crippen LogP contribution in [0.15, 0.2) is 18.5 Å². The van der Waals surface area contributed by atoms with Crippen LogP contribution < -0.4 is 0 Å². The molecule has 0 saturated heterocycles. The van der Waals surface area contributed by atoms with E-state index in [4.69, 9.17) is 0 Å². The van der Waals surface area contributed by atoms with Gasteiger partial charge in [0.05, 0.1) is 0 Å². The summed E-state index contributed by atoms with van der Waals surface area (Å²) in [5.74, 6) is 0. The largest absolute Gasteiger partial charge is 0.354 e. The molecule has 1 heterocycles. The van der Waals surface area contributed by atoms with Crippen LogP contribution in [0.3, 0.4) is 0 Å². The lowest BCUT2D eigenvalue weighted by molar-refractivity contribution is 0.683. The van der Waals surface area contributed by atoms with Gasteiger partial charge in [0.15, 0.2) is 0 Å². The number of rotatable bonds is 2. The standard InChI is InChI=1S/C7H10N/c1-2-5-8-6-3-4-7-8/h3,6-7H,2,5H2,1H3. The van der Waals surface area contributed by atoms with E-state index in [2.05, 4.69) is 17.6 Å². The van der Waals surface area contributed by atoms with Crippen molar-refractivity contribution in [1.82, 2.24) is 4.57 Å². The summed E-state index contributed by atoms with van der Waals surface area (Å²) in [6.07, 6.45) is 5.19. The lowest BCUT2D eigenvalue weighted by atomic mass is 10.5. The van der Waals surface area contributed by atoms with Gasteiger partial charge in [-0.05, 0) is 12.5 Å². The monoisotopic (exact) mass is 108 g/mol. The molecule has 0 aliphatic heterocycles. The van der Waals surface area contributed by atoms with Crippen LogP contribution in [-0.4, -0.2) is 4.57 Å². The molecule has 0 spiro atoms. The van der Waals surface area contributed by atoms with Gasteiger partial charge >= 0.3 is 0 Å². The van der Waals surface area contributed by atoms with Crippen LogP contribution in [-0.2, 0) is 6.54 Å². The maximum Gasteiger partial charge on any atom is 0.0217 e. The predicted octanol–water partition coefficient (Wildman–Crippen LogP) is 1.70. The number of nitrogens with zero attached hydrogens (tertiary/aromatic N) is 1. The van der Waals surface area contributed by atoms with Gasteiger partial charge in [-0.15, -0.1) is 0 Å². The summed E-state index contributed by atoms with van der Waals surface area (Å²) in [5.41, 5.74) is 0. The van der Waals surface area contributed by atoms with Crippen molar-refractivity contribution in [2.45, 2.75) is 19.9 Å². The molecule has 1 rings (SSSR count). The van der Waals surface area contributed by atoms with Gasteiger partial charge in [0.2, 0.25) is 0 Å². The minimum atomic E-state index is 1.11. The van der Waals surface area contributed by atoms with Gasteiger partial charge in [0.25, 0.3) is 0 Å². The topological polar surface area (TPSA) is 4.93 Å². The number of aromatic nitrogens is 1. The van der Waals surface area contributed by atoms with E-state index in [1.165, 1.54) is 6.42 Å². The van der Waals surface area contributed by atoms with Crippen molar-refractivity contribution in [3.63, 3.8) is 0 Å². The fraction of sp³-hybridized carbons (Fsp3) is 0.429. The van der Waals surface area contributed by atoms with E-state index in [-0.39, 0.29) is 0 Å². The van der Waals surface area contributed by atoms with E-state index in [1.807, 2.05) is 18.5 Å². The van der Waals surface area contributed by atoms with Gasteiger partial charge in [0.1, 0.15) is 0 Å². The molecule has 1 aromatic rings. The van der Waals surface area contributed by atoms with Crippen LogP contribution in [0.1, 0.15) is 13.3 Å². The molecule has 1 nitrogen and oxygen atoms in total. The Morgan fingerprint density at radius 2 is 2.50 bits per heavy atom. The third kappa shape index (κ3) is 1.12. The quantitative estimate of drug-likeness (QED) is 0.543. The van der Waals surface area contributed by atoms with E-state index in [1.54, 1.807) is 0 Å². The molecule has 8 heavy (non-hydrogen) atoms. The Kier molecular flexibility index (Phi) is 1.73. The Labute approximate surface area is 49.9 Å². The van der Waals surface area contributed by atoms with Crippen LogP contribution in [0, 0.1) is 6.07 Å². The highest BCUT2D eigenvalue weighted by Crippen LogP contribution is 1.89. The van der Waals surface area contributed by atoms with Gasteiger partial charge in [-0.1, -0.05) is 6.92 Å². The first-order valence-corrected chi connectivity index (χ1v) is 2.95. The van der Waals surface area contributed by atoms with Crippen molar-refractivity contribution in [2.75, 3.05) is 0 Å². The molecular weight excluding hydrogens is 98.1 g/mol. The SMILES string of the molecule is CCCn1c[c]cc1. The first-order chi connectivity index (χ1) is 3.93. The Bertz CT molecular complexity index is 130. The van der Waals surface area contributed by atoms with Gasteiger partial charge in [-0.2, -0.15) is 0 Å². The van der Waals surface area contributed by atoms with Crippen LogP contribution in [0.4, 0.5) is 0 Å². The smallest absolute Gasteiger partial charge is 0.0217 e.